The molecule has 0 bridgehead atoms. The van der Waals surface area contributed by atoms with Crippen LogP contribution in [-0.2, 0) is 0 Å². The van der Waals surface area contributed by atoms with Crippen LogP contribution in [0.5, 0.6) is 0 Å². The molecule has 0 nitrogen and oxygen atoms in total. The lowest BCUT2D eigenvalue weighted by atomic mass is 10.1. The van der Waals surface area contributed by atoms with Crippen LogP contribution in [0.15, 0.2) is 0 Å². The summed E-state index contributed by atoms with van der Waals surface area (Å²) in [5.41, 5.74) is 0. The highest BCUT2D eigenvalue weighted by Gasteiger charge is 2.44. The lowest BCUT2D eigenvalue weighted by molar-refractivity contribution is 0.618. The Morgan fingerprint density at radius 1 is 1.00 bits per heavy atom. The zero-order valence-corrected chi connectivity index (χ0v) is 6.27. The maximum absolute atomic E-state index is 4.12. The Morgan fingerprint density at radius 2 is 1.50 bits per heavy atom. The van der Waals surface area contributed by atoms with Gasteiger partial charge in [0.25, 0.3) is 0 Å². The number of hydrogen-bond donors (Lipinski definition) is 0. The topological polar surface area (TPSA) is 0 Å². The van der Waals surface area contributed by atoms with Crippen LogP contribution in [0.3, 0.4) is 0 Å². The smallest absolute Gasteiger partial charge is 0.00915 e. The fourth-order valence-electron chi connectivity index (χ4n) is 2.04. The predicted octanol–water partition coefficient (Wildman–Crippen LogP) is 2.26. The SMILES string of the molecule is [CH2]C1[C@H]2CCC#CCC[C@H]12. The first-order chi connectivity index (χ1) is 4.89. The average molecular weight is 133 g/mol. The fraction of sp³-hybridized carbons (Fsp3) is 0.700. The molecule has 53 valence electrons. The standard InChI is InChI=1S/C10H13/c1-8-9-6-4-2-3-5-7-10(8)9/h8-10H,1,4-7H2/t9-,10-/m1/s1. The third-order valence-electron chi connectivity index (χ3n) is 2.84. The summed E-state index contributed by atoms with van der Waals surface area (Å²) >= 11 is 0. The molecule has 0 amide bonds. The van der Waals surface area contributed by atoms with Crippen molar-refractivity contribution < 1.29 is 0 Å². The first kappa shape index (κ1) is 6.28. The molecule has 2 aliphatic rings. The first-order valence-electron chi connectivity index (χ1n) is 4.18. The van der Waals surface area contributed by atoms with Gasteiger partial charge in [0.05, 0.1) is 0 Å². The van der Waals surface area contributed by atoms with Crippen molar-refractivity contribution >= 4 is 0 Å². The molecule has 0 heteroatoms. The van der Waals surface area contributed by atoms with E-state index in [1.165, 1.54) is 12.8 Å². The molecule has 0 aromatic heterocycles. The van der Waals surface area contributed by atoms with Crippen LogP contribution in [0.2, 0.25) is 0 Å². The third kappa shape index (κ3) is 0.944. The molecule has 0 saturated heterocycles. The van der Waals surface area contributed by atoms with Crippen molar-refractivity contribution in [3.63, 3.8) is 0 Å². The zero-order chi connectivity index (χ0) is 6.97. The van der Waals surface area contributed by atoms with E-state index in [4.69, 9.17) is 0 Å². The van der Waals surface area contributed by atoms with Crippen LogP contribution >= 0.6 is 0 Å². The van der Waals surface area contributed by atoms with Crippen molar-refractivity contribution in [2.45, 2.75) is 25.7 Å². The van der Waals surface area contributed by atoms with Gasteiger partial charge in [-0.1, -0.05) is 0 Å². The molecule has 1 radical (unpaired) electrons. The molecule has 0 aromatic rings. The van der Waals surface area contributed by atoms with Gasteiger partial charge in [0.2, 0.25) is 0 Å². The van der Waals surface area contributed by atoms with Crippen LogP contribution < -0.4 is 0 Å². The Bertz CT molecular complexity index is 164. The monoisotopic (exact) mass is 133 g/mol. The number of rotatable bonds is 0. The Hall–Kier alpha value is -0.440. The molecule has 1 fully saturated rings. The van der Waals surface area contributed by atoms with E-state index >= 15 is 0 Å². The summed E-state index contributed by atoms with van der Waals surface area (Å²) in [4.78, 5) is 0. The van der Waals surface area contributed by atoms with Crippen molar-refractivity contribution in [1.29, 1.82) is 0 Å². The summed E-state index contributed by atoms with van der Waals surface area (Å²) in [6, 6.07) is 0. The summed E-state index contributed by atoms with van der Waals surface area (Å²) in [6.07, 6.45) is 4.86. The van der Waals surface area contributed by atoms with Crippen molar-refractivity contribution in [2.75, 3.05) is 0 Å². The van der Waals surface area contributed by atoms with Crippen LogP contribution in [0.1, 0.15) is 25.7 Å². The predicted molar refractivity (Wildman–Crippen MR) is 42.1 cm³/mol. The van der Waals surface area contributed by atoms with Crippen molar-refractivity contribution in [2.24, 2.45) is 17.8 Å². The van der Waals surface area contributed by atoms with Crippen LogP contribution in [0, 0.1) is 36.5 Å². The highest BCUT2D eigenvalue weighted by molar-refractivity contribution is 5.08. The van der Waals surface area contributed by atoms with Crippen molar-refractivity contribution in [1.82, 2.24) is 0 Å². The maximum Gasteiger partial charge on any atom is 0.00915 e. The summed E-state index contributed by atoms with van der Waals surface area (Å²) < 4.78 is 0. The van der Waals surface area contributed by atoms with E-state index in [2.05, 4.69) is 18.8 Å². The van der Waals surface area contributed by atoms with Gasteiger partial charge in [-0.3, -0.25) is 0 Å². The van der Waals surface area contributed by atoms with E-state index in [0.717, 1.165) is 30.6 Å². The van der Waals surface area contributed by atoms with Crippen molar-refractivity contribution in [3.8, 4) is 11.8 Å². The minimum atomic E-state index is 0.765. The molecule has 2 atom stereocenters. The van der Waals surface area contributed by atoms with E-state index in [-0.39, 0.29) is 0 Å². The quantitative estimate of drug-likeness (QED) is 0.445. The molecule has 1 saturated carbocycles. The fourth-order valence-corrected chi connectivity index (χ4v) is 2.04. The maximum atomic E-state index is 4.12. The molecule has 0 aliphatic heterocycles. The Balaban J connectivity index is 1.97. The summed E-state index contributed by atoms with van der Waals surface area (Å²) in [7, 11) is 0. The summed E-state index contributed by atoms with van der Waals surface area (Å²) in [5, 5.41) is 0. The van der Waals surface area contributed by atoms with Crippen LogP contribution in [0.25, 0.3) is 0 Å². The van der Waals surface area contributed by atoms with E-state index in [1.807, 2.05) is 0 Å². The average Bonchev–Trinajstić information content (AvgIpc) is 2.39. The molecule has 2 rings (SSSR count). The number of fused-ring (bicyclic) bond motifs is 1. The summed E-state index contributed by atoms with van der Waals surface area (Å²) in [5.74, 6) is 9.02. The first-order valence-corrected chi connectivity index (χ1v) is 4.18. The van der Waals surface area contributed by atoms with Crippen molar-refractivity contribution in [3.05, 3.63) is 6.92 Å². The second-order valence-electron chi connectivity index (χ2n) is 3.42. The highest BCUT2D eigenvalue weighted by Crippen LogP contribution is 2.51. The highest BCUT2D eigenvalue weighted by atomic mass is 14.5. The largest absolute Gasteiger partial charge is 0.103 e. The molecule has 0 spiro atoms. The van der Waals surface area contributed by atoms with Gasteiger partial charge in [0, 0.05) is 12.8 Å². The molecular formula is C10H13. The van der Waals surface area contributed by atoms with Gasteiger partial charge in [0.1, 0.15) is 0 Å². The van der Waals surface area contributed by atoms with Gasteiger partial charge in [-0.2, -0.15) is 0 Å². The van der Waals surface area contributed by atoms with Crippen LogP contribution in [-0.4, -0.2) is 0 Å². The Labute approximate surface area is 63.0 Å². The molecule has 2 aliphatic carbocycles. The lowest BCUT2D eigenvalue weighted by Gasteiger charge is -1.96. The third-order valence-corrected chi connectivity index (χ3v) is 2.84. The Morgan fingerprint density at radius 3 is 2.00 bits per heavy atom. The molecule has 0 heterocycles. The van der Waals surface area contributed by atoms with Gasteiger partial charge in [-0.05, 0) is 37.5 Å². The van der Waals surface area contributed by atoms with E-state index in [1.54, 1.807) is 0 Å². The van der Waals surface area contributed by atoms with E-state index in [0.29, 0.717) is 0 Å². The number of hydrogen-bond acceptors (Lipinski definition) is 0. The van der Waals surface area contributed by atoms with Gasteiger partial charge in [-0.25, -0.2) is 0 Å². The minimum Gasteiger partial charge on any atom is -0.103 e. The molecule has 10 heavy (non-hydrogen) atoms. The second kappa shape index (κ2) is 2.31. The van der Waals surface area contributed by atoms with Gasteiger partial charge >= 0.3 is 0 Å². The molecular weight excluding hydrogens is 120 g/mol. The van der Waals surface area contributed by atoms with Gasteiger partial charge < -0.3 is 0 Å². The second-order valence-corrected chi connectivity index (χ2v) is 3.42. The Kier molecular flexibility index (Phi) is 1.45. The minimum absolute atomic E-state index is 0.765. The van der Waals surface area contributed by atoms with Gasteiger partial charge in [0.15, 0.2) is 0 Å². The summed E-state index contributed by atoms with van der Waals surface area (Å²) in [6.45, 7) is 4.12. The van der Waals surface area contributed by atoms with Crippen LogP contribution in [0.4, 0.5) is 0 Å². The van der Waals surface area contributed by atoms with Gasteiger partial charge in [-0.15, -0.1) is 11.8 Å². The normalized spacial score (nSPS) is 43.9. The van der Waals surface area contributed by atoms with E-state index < -0.39 is 0 Å². The van der Waals surface area contributed by atoms with E-state index in [9.17, 15) is 0 Å². The molecule has 0 N–H and O–H groups in total. The lowest BCUT2D eigenvalue weighted by Crippen LogP contribution is -1.85. The molecule has 0 aromatic carbocycles. The molecule has 0 unspecified atom stereocenters. The zero-order valence-electron chi connectivity index (χ0n) is 6.27.